The highest BCUT2D eigenvalue weighted by Crippen LogP contribution is 2.17. The second-order valence-corrected chi connectivity index (χ2v) is 2.17. The molecule has 0 amide bonds. The topological polar surface area (TPSA) is 28.7 Å². The van der Waals surface area contributed by atoms with Crippen LogP contribution in [0.25, 0.3) is 0 Å². The lowest BCUT2D eigenvalue weighted by Gasteiger charge is -1.86. The van der Waals surface area contributed by atoms with Gasteiger partial charge in [0.2, 0.25) is 0 Å². The molecule has 0 unspecified atom stereocenters. The number of nitrogens with one attached hydrogen (secondary N) is 1. The van der Waals surface area contributed by atoms with Crippen molar-refractivity contribution in [3.05, 3.63) is 16.6 Å². The molecule has 0 aliphatic rings. The van der Waals surface area contributed by atoms with Gasteiger partial charge in [-0.15, -0.1) is 0 Å². The summed E-state index contributed by atoms with van der Waals surface area (Å²) in [5.41, 5.74) is -0.234. The molecule has 50 valence electrons. The van der Waals surface area contributed by atoms with Crippen molar-refractivity contribution in [1.82, 2.24) is 9.97 Å². The van der Waals surface area contributed by atoms with Crippen LogP contribution in [0.3, 0.4) is 0 Å². The summed E-state index contributed by atoms with van der Waals surface area (Å²) in [6.45, 7) is 0. The maximum absolute atomic E-state index is 11.7. The Morgan fingerprint density at radius 1 is 1.67 bits per heavy atom. The zero-order valence-electron chi connectivity index (χ0n) is 4.24. The third kappa shape index (κ3) is 1.48. The number of hydrogen-bond acceptors (Lipinski definition) is 1. The molecular weight excluding hydrogens is 194 g/mol. The van der Waals surface area contributed by atoms with Crippen LogP contribution < -0.4 is 0 Å². The lowest BCUT2D eigenvalue weighted by atomic mass is 10.5. The predicted molar refractivity (Wildman–Crippen MR) is 31.2 cm³/mol. The van der Waals surface area contributed by atoms with Crippen molar-refractivity contribution in [2.45, 2.75) is 6.43 Å². The van der Waals surface area contributed by atoms with Crippen LogP contribution in [-0.4, -0.2) is 9.97 Å². The Morgan fingerprint density at radius 3 is 2.56 bits per heavy atom. The Labute approximate surface area is 58.4 Å². The molecule has 2 nitrogen and oxygen atoms in total. The van der Waals surface area contributed by atoms with Gasteiger partial charge in [-0.3, -0.25) is 0 Å². The Hall–Kier alpha value is -0.450. The first-order valence-corrected chi connectivity index (χ1v) is 2.98. The van der Waals surface area contributed by atoms with Gasteiger partial charge in [-0.2, -0.15) is 0 Å². The summed E-state index contributed by atoms with van der Waals surface area (Å²) in [7, 11) is 0. The first-order chi connectivity index (χ1) is 4.20. The first kappa shape index (κ1) is 6.67. The average molecular weight is 197 g/mol. The van der Waals surface area contributed by atoms with E-state index in [1.54, 1.807) is 0 Å². The molecule has 0 aromatic carbocycles. The van der Waals surface area contributed by atoms with E-state index in [0.717, 1.165) is 6.20 Å². The quantitative estimate of drug-likeness (QED) is 0.733. The van der Waals surface area contributed by atoms with Crippen LogP contribution in [0.4, 0.5) is 8.78 Å². The van der Waals surface area contributed by atoms with Crippen molar-refractivity contribution in [1.29, 1.82) is 0 Å². The van der Waals surface area contributed by atoms with E-state index in [1.807, 2.05) is 0 Å². The van der Waals surface area contributed by atoms with Crippen LogP contribution >= 0.6 is 15.9 Å². The van der Waals surface area contributed by atoms with Gasteiger partial charge < -0.3 is 4.98 Å². The number of H-pyrrole nitrogens is 1. The van der Waals surface area contributed by atoms with Gasteiger partial charge in [0.05, 0.1) is 0 Å². The zero-order chi connectivity index (χ0) is 6.85. The number of rotatable bonds is 1. The number of halogens is 3. The Morgan fingerprint density at radius 2 is 2.33 bits per heavy atom. The molecule has 0 aliphatic heterocycles. The smallest absolute Gasteiger partial charge is 0.281 e. The van der Waals surface area contributed by atoms with Crippen molar-refractivity contribution >= 4 is 15.9 Å². The van der Waals surface area contributed by atoms with Crippen LogP contribution in [0.15, 0.2) is 10.9 Å². The number of nitrogens with zero attached hydrogens (tertiary/aromatic N) is 1. The molecule has 1 rings (SSSR count). The highest BCUT2D eigenvalue weighted by Gasteiger charge is 2.09. The Kier molecular flexibility index (Phi) is 1.80. The lowest BCUT2D eigenvalue weighted by Crippen LogP contribution is -1.80. The maximum atomic E-state index is 11.7. The summed E-state index contributed by atoms with van der Waals surface area (Å²) < 4.78 is 23.7. The molecular formula is C4H3BrF2N2. The molecule has 0 bridgehead atoms. The fourth-order valence-electron chi connectivity index (χ4n) is 0.423. The molecule has 1 N–H and O–H groups in total. The monoisotopic (exact) mass is 196 g/mol. The van der Waals surface area contributed by atoms with Gasteiger partial charge in [0, 0.05) is 6.20 Å². The zero-order valence-corrected chi connectivity index (χ0v) is 5.82. The van der Waals surface area contributed by atoms with E-state index in [1.165, 1.54) is 0 Å². The minimum atomic E-state index is -2.49. The molecule has 0 spiro atoms. The molecule has 0 atom stereocenters. The van der Waals surface area contributed by atoms with E-state index < -0.39 is 6.43 Å². The van der Waals surface area contributed by atoms with Crippen LogP contribution in [0, 0.1) is 0 Å². The van der Waals surface area contributed by atoms with Crippen molar-refractivity contribution in [2.75, 3.05) is 0 Å². The molecule has 1 aromatic rings. The average Bonchev–Trinajstić information content (AvgIpc) is 2.14. The van der Waals surface area contributed by atoms with Crippen molar-refractivity contribution in [3.8, 4) is 0 Å². The van der Waals surface area contributed by atoms with E-state index in [-0.39, 0.29) is 5.69 Å². The molecule has 0 saturated heterocycles. The first-order valence-electron chi connectivity index (χ1n) is 2.19. The number of alkyl halides is 2. The normalized spacial score (nSPS) is 10.7. The second kappa shape index (κ2) is 2.43. The number of aromatic amines is 1. The minimum Gasteiger partial charge on any atom is -0.339 e. The fraction of sp³-hybridized carbons (Fsp3) is 0.250. The summed E-state index contributed by atoms with van der Waals surface area (Å²) in [5, 5.41) is 0. The van der Waals surface area contributed by atoms with Gasteiger partial charge in [0.15, 0.2) is 4.73 Å². The Bertz CT molecular complexity index is 198. The van der Waals surface area contributed by atoms with Crippen LogP contribution in [0.1, 0.15) is 12.1 Å². The minimum absolute atomic E-state index is 0.234. The van der Waals surface area contributed by atoms with Gasteiger partial charge in [-0.05, 0) is 15.9 Å². The fourth-order valence-corrected chi connectivity index (χ4v) is 0.742. The van der Waals surface area contributed by atoms with E-state index in [0.29, 0.717) is 4.73 Å². The second-order valence-electron chi connectivity index (χ2n) is 1.42. The van der Waals surface area contributed by atoms with E-state index >= 15 is 0 Å². The highest BCUT2D eigenvalue weighted by atomic mass is 79.9. The summed E-state index contributed by atoms with van der Waals surface area (Å²) in [4.78, 5) is 5.90. The van der Waals surface area contributed by atoms with Gasteiger partial charge in [-0.1, -0.05) is 0 Å². The van der Waals surface area contributed by atoms with E-state index in [4.69, 9.17) is 0 Å². The lowest BCUT2D eigenvalue weighted by molar-refractivity contribution is 0.146. The SMILES string of the molecule is FC(F)c1c[nH]c(Br)n1. The largest absolute Gasteiger partial charge is 0.339 e. The Balaban J connectivity index is 2.85. The molecule has 0 aliphatic carbocycles. The molecule has 0 fully saturated rings. The maximum Gasteiger partial charge on any atom is 0.281 e. The highest BCUT2D eigenvalue weighted by molar-refractivity contribution is 9.10. The van der Waals surface area contributed by atoms with Crippen molar-refractivity contribution in [2.24, 2.45) is 0 Å². The standard InChI is InChI=1S/C4H3BrF2N2/c5-4-8-1-2(9-4)3(6)7/h1,3H,(H,8,9). The van der Waals surface area contributed by atoms with Crippen LogP contribution in [0.5, 0.6) is 0 Å². The summed E-state index contributed by atoms with van der Waals surface area (Å²) in [6, 6.07) is 0. The van der Waals surface area contributed by atoms with Gasteiger partial charge in [-0.25, -0.2) is 13.8 Å². The number of aromatic nitrogens is 2. The summed E-state index contributed by atoms with van der Waals surface area (Å²) in [5.74, 6) is 0. The molecule has 1 aromatic heterocycles. The predicted octanol–water partition coefficient (Wildman–Crippen LogP) is 2.11. The van der Waals surface area contributed by atoms with Gasteiger partial charge in [0.25, 0.3) is 6.43 Å². The van der Waals surface area contributed by atoms with E-state index in [9.17, 15) is 8.78 Å². The van der Waals surface area contributed by atoms with Gasteiger partial charge in [0.1, 0.15) is 5.69 Å². The molecule has 0 saturated carbocycles. The summed E-state index contributed by atoms with van der Waals surface area (Å²) >= 11 is 2.90. The third-order valence-electron chi connectivity index (χ3n) is 0.790. The van der Waals surface area contributed by atoms with Gasteiger partial charge >= 0.3 is 0 Å². The number of hydrogen-bond donors (Lipinski definition) is 1. The molecule has 1 heterocycles. The molecule has 0 radical (unpaired) electrons. The van der Waals surface area contributed by atoms with Crippen molar-refractivity contribution in [3.63, 3.8) is 0 Å². The van der Waals surface area contributed by atoms with Crippen molar-refractivity contribution < 1.29 is 8.78 Å². The number of imidazole rings is 1. The molecule has 5 heteroatoms. The van der Waals surface area contributed by atoms with Crippen LogP contribution in [0.2, 0.25) is 0 Å². The van der Waals surface area contributed by atoms with Crippen LogP contribution in [-0.2, 0) is 0 Å². The molecule has 9 heavy (non-hydrogen) atoms. The summed E-state index contributed by atoms with van der Waals surface area (Å²) in [6.07, 6.45) is -1.33. The van der Waals surface area contributed by atoms with E-state index in [2.05, 4.69) is 25.9 Å². The third-order valence-corrected chi connectivity index (χ3v) is 1.20.